The fourth-order valence-corrected chi connectivity index (χ4v) is 7.59. The Bertz CT molecular complexity index is 2790. The van der Waals surface area contributed by atoms with E-state index in [0.717, 1.165) is 50.2 Å². The van der Waals surface area contributed by atoms with Crippen molar-refractivity contribution in [1.29, 1.82) is 0 Å². The van der Waals surface area contributed by atoms with E-state index in [-0.39, 0.29) is 0 Å². The highest BCUT2D eigenvalue weighted by Gasteiger charge is 2.22. The molecule has 0 fully saturated rings. The molecule has 3 aromatic heterocycles. The summed E-state index contributed by atoms with van der Waals surface area (Å²) in [5.74, 6) is 0.641. The number of fused-ring (bicyclic) bond motifs is 6. The topological polar surface area (TPSA) is 35.6 Å². The van der Waals surface area contributed by atoms with Crippen molar-refractivity contribution >= 4 is 43.6 Å². The molecule has 0 N–H and O–H groups in total. The predicted octanol–water partition coefficient (Wildman–Crippen LogP) is 11.7. The van der Waals surface area contributed by atoms with Crippen molar-refractivity contribution in [1.82, 2.24) is 19.1 Å². The van der Waals surface area contributed by atoms with Gasteiger partial charge in [0.15, 0.2) is 0 Å². The number of benzene rings is 7. The Morgan fingerprint density at radius 2 is 0.860 bits per heavy atom. The van der Waals surface area contributed by atoms with Crippen LogP contribution < -0.4 is 0 Å². The van der Waals surface area contributed by atoms with Gasteiger partial charge in [-0.2, -0.15) is 0 Å². The molecular formula is C46H30N4. The molecule has 0 bridgehead atoms. The molecule has 0 amide bonds. The Labute approximate surface area is 289 Å². The van der Waals surface area contributed by atoms with Gasteiger partial charge in [-0.25, -0.2) is 9.97 Å². The number of hydrogen-bond acceptors (Lipinski definition) is 2. The lowest BCUT2D eigenvalue weighted by molar-refractivity contribution is 0.996. The summed E-state index contributed by atoms with van der Waals surface area (Å²) in [6.45, 7) is 0. The first-order chi connectivity index (χ1) is 24.8. The first-order valence-electron chi connectivity index (χ1n) is 16.9. The SMILES string of the molecule is c1ccc(-c2cc(-c3ccccc3)nc(-n3c4ccccc4c4cccc(-c5cccc6c5c5ccccc5n6-c5ccccc5)c43)n2)cc1. The van der Waals surface area contributed by atoms with Gasteiger partial charge in [-0.3, -0.25) is 4.57 Å². The van der Waals surface area contributed by atoms with Gasteiger partial charge in [-0.05, 0) is 42.0 Å². The number of aromatic nitrogens is 4. The van der Waals surface area contributed by atoms with Crippen LogP contribution in [0.5, 0.6) is 0 Å². The fourth-order valence-electron chi connectivity index (χ4n) is 7.59. The van der Waals surface area contributed by atoms with Gasteiger partial charge in [0, 0.05) is 43.9 Å². The molecule has 0 saturated carbocycles. The molecule has 4 nitrogen and oxygen atoms in total. The van der Waals surface area contributed by atoms with Gasteiger partial charge in [0.2, 0.25) is 5.95 Å². The maximum Gasteiger partial charge on any atom is 0.235 e. The molecule has 0 spiro atoms. The minimum atomic E-state index is 0.641. The van der Waals surface area contributed by atoms with Gasteiger partial charge in [0.05, 0.1) is 33.5 Å². The molecule has 7 aromatic carbocycles. The molecule has 3 heterocycles. The van der Waals surface area contributed by atoms with Gasteiger partial charge in [0.1, 0.15) is 0 Å². The first kappa shape index (κ1) is 28.3. The molecule has 0 aliphatic rings. The van der Waals surface area contributed by atoms with E-state index in [9.17, 15) is 0 Å². The average Bonchev–Trinajstić information content (AvgIpc) is 3.72. The number of nitrogens with zero attached hydrogens (tertiary/aromatic N) is 4. The second kappa shape index (κ2) is 11.4. The van der Waals surface area contributed by atoms with Crippen molar-refractivity contribution in [3.05, 3.63) is 182 Å². The maximum absolute atomic E-state index is 5.31. The molecule has 0 radical (unpaired) electrons. The number of rotatable bonds is 5. The molecule has 0 saturated heterocycles. The molecule has 0 atom stereocenters. The standard InChI is InChI=1S/C46H30N4/c1-4-16-31(17-5-1)39-30-40(32-18-6-2-7-19-32)48-46(47-39)50-41-27-12-10-22-34(41)36-25-14-26-37(45(36)50)35-24-15-29-43-44(35)38-23-11-13-28-42(38)49(43)33-20-8-3-9-21-33/h1-30H. The van der Waals surface area contributed by atoms with Crippen LogP contribution in [0.4, 0.5) is 0 Å². The lowest BCUT2D eigenvalue weighted by Crippen LogP contribution is -2.04. The summed E-state index contributed by atoms with van der Waals surface area (Å²) in [5.41, 5.74) is 11.8. The van der Waals surface area contributed by atoms with Gasteiger partial charge in [0.25, 0.3) is 0 Å². The van der Waals surface area contributed by atoms with E-state index in [1.165, 1.54) is 32.8 Å². The quantitative estimate of drug-likeness (QED) is 0.188. The Morgan fingerprint density at radius 3 is 1.54 bits per heavy atom. The van der Waals surface area contributed by atoms with Crippen LogP contribution in [0, 0.1) is 0 Å². The lowest BCUT2D eigenvalue weighted by Gasteiger charge is -2.14. The van der Waals surface area contributed by atoms with E-state index < -0.39 is 0 Å². The van der Waals surface area contributed by atoms with E-state index in [0.29, 0.717) is 5.95 Å². The van der Waals surface area contributed by atoms with Crippen LogP contribution in [-0.4, -0.2) is 19.1 Å². The van der Waals surface area contributed by atoms with Crippen molar-refractivity contribution < 1.29 is 0 Å². The van der Waals surface area contributed by atoms with E-state index in [1.54, 1.807) is 0 Å². The second-order valence-electron chi connectivity index (χ2n) is 12.6. The molecule has 0 aliphatic carbocycles. The highest BCUT2D eigenvalue weighted by Crippen LogP contribution is 2.43. The zero-order chi connectivity index (χ0) is 33.0. The van der Waals surface area contributed by atoms with Crippen LogP contribution in [-0.2, 0) is 0 Å². The van der Waals surface area contributed by atoms with Crippen LogP contribution in [0.3, 0.4) is 0 Å². The maximum atomic E-state index is 5.31. The van der Waals surface area contributed by atoms with Crippen molar-refractivity contribution in [2.24, 2.45) is 0 Å². The molecule has 50 heavy (non-hydrogen) atoms. The average molecular weight is 639 g/mol. The predicted molar refractivity (Wildman–Crippen MR) is 207 cm³/mol. The summed E-state index contributed by atoms with van der Waals surface area (Å²) in [6.07, 6.45) is 0. The molecular weight excluding hydrogens is 609 g/mol. The van der Waals surface area contributed by atoms with E-state index in [1.807, 2.05) is 12.1 Å². The third-order valence-corrected chi connectivity index (χ3v) is 9.75. The Kier molecular flexibility index (Phi) is 6.46. The highest BCUT2D eigenvalue weighted by molar-refractivity contribution is 6.20. The zero-order valence-electron chi connectivity index (χ0n) is 27.1. The Balaban J connectivity index is 1.32. The van der Waals surface area contributed by atoms with Crippen LogP contribution in [0.2, 0.25) is 0 Å². The largest absolute Gasteiger partial charge is 0.309 e. The van der Waals surface area contributed by atoms with Crippen molar-refractivity contribution in [3.63, 3.8) is 0 Å². The summed E-state index contributed by atoms with van der Waals surface area (Å²) >= 11 is 0. The third-order valence-electron chi connectivity index (χ3n) is 9.75. The molecule has 4 heteroatoms. The molecule has 234 valence electrons. The minimum absolute atomic E-state index is 0.641. The Hall–Kier alpha value is -6.78. The molecule has 0 aliphatic heterocycles. The second-order valence-corrected chi connectivity index (χ2v) is 12.6. The molecule has 10 rings (SSSR count). The van der Waals surface area contributed by atoms with Crippen LogP contribution in [0.1, 0.15) is 0 Å². The van der Waals surface area contributed by atoms with E-state index >= 15 is 0 Å². The smallest absolute Gasteiger partial charge is 0.235 e. The zero-order valence-corrected chi connectivity index (χ0v) is 27.1. The van der Waals surface area contributed by atoms with Crippen LogP contribution >= 0.6 is 0 Å². The summed E-state index contributed by atoms with van der Waals surface area (Å²) < 4.78 is 4.65. The summed E-state index contributed by atoms with van der Waals surface area (Å²) in [7, 11) is 0. The van der Waals surface area contributed by atoms with Gasteiger partial charge >= 0.3 is 0 Å². The number of hydrogen-bond donors (Lipinski definition) is 0. The van der Waals surface area contributed by atoms with Gasteiger partial charge < -0.3 is 4.57 Å². The lowest BCUT2D eigenvalue weighted by atomic mass is 9.97. The summed E-state index contributed by atoms with van der Waals surface area (Å²) in [6, 6.07) is 64.2. The molecule has 10 aromatic rings. The van der Waals surface area contributed by atoms with Gasteiger partial charge in [-0.15, -0.1) is 0 Å². The monoisotopic (exact) mass is 638 g/mol. The highest BCUT2D eigenvalue weighted by atomic mass is 15.2. The fraction of sp³-hybridized carbons (Fsp3) is 0. The Morgan fingerprint density at radius 1 is 0.360 bits per heavy atom. The van der Waals surface area contributed by atoms with Gasteiger partial charge in [-0.1, -0.05) is 146 Å². The third kappa shape index (κ3) is 4.39. The van der Waals surface area contributed by atoms with E-state index in [2.05, 4.69) is 179 Å². The van der Waals surface area contributed by atoms with E-state index in [4.69, 9.17) is 9.97 Å². The summed E-state index contributed by atoms with van der Waals surface area (Å²) in [5, 5.41) is 4.77. The van der Waals surface area contributed by atoms with Crippen molar-refractivity contribution in [2.75, 3.05) is 0 Å². The first-order valence-corrected chi connectivity index (χ1v) is 16.9. The normalized spacial score (nSPS) is 11.6. The minimum Gasteiger partial charge on any atom is -0.309 e. The van der Waals surface area contributed by atoms with Crippen molar-refractivity contribution in [3.8, 4) is 45.3 Å². The number of para-hydroxylation sites is 4. The summed E-state index contributed by atoms with van der Waals surface area (Å²) in [4.78, 5) is 10.6. The van der Waals surface area contributed by atoms with Crippen LogP contribution in [0.15, 0.2) is 182 Å². The van der Waals surface area contributed by atoms with Crippen LogP contribution in [0.25, 0.3) is 88.9 Å². The molecule has 0 unspecified atom stereocenters. The van der Waals surface area contributed by atoms with Crippen molar-refractivity contribution in [2.45, 2.75) is 0 Å².